The Balaban J connectivity index is 1.65. The monoisotopic (exact) mass is 344 g/mol. The Labute approximate surface area is 144 Å². The Morgan fingerprint density at radius 1 is 1.25 bits per heavy atom. The summed E-state index contributed by atoms with van der Waals surface area (Å²) in [5, 5.41) is 12.1. The van der Waals surface area contributed by atoms with Crippen molar-refractivity contribution >= 4 is 34.0 Å². The van der Waals surface area contributed by atoms with Gasteiger partial charge in [-0.25, -0.2) is 0 Å². The summed E-state index contributed by atoms with van der Waals surface area (Å²) >= 11 is 1.37. The minimum atomic E-state index is -0.364. The molecule has 7 heteroatoms. The Morgan fingerprint density at radius 3 is 2.62 bits per heavy atom. The SMILES string of the molecule is CCc1ccc(N2C[C@H](C(=O)Nc3nnc(CC)s3)CC2=O)cc1. The van der Waals surface area contributed by atoms with E-state index in [0.29, 0.717) is 11.7 Å². The van der Waals surface area contributed by atoms with Crippen molar-refractivity contribution in [2.24, 2.45) is 5.92 Å². The molecule has 1 aromatic heterocycles. The number of benzene rings is 1. The molecule has 2 heterocycles. The smallest absolute Gasteiger partial charge is 0.231 e. The lowest BCUT2D eigenvalue weighted by atomic mass is 10.1. The van der Waals surface area contributed by atoms with Crippen molar-refractivity contribution in [1.82, 2.24) is 10.2 Å². The van der Waals surface area contributed by atoms with Crippen LogP contribution in [0.25, 0.3) is 0 Å². The molecule has 0 radical (unpaired) electrons. The molecule has 0 spiro atoms. The largest absolute Gasteiger partial charge is 0.312 e. The molecule has 1 fully saturated rings. The van der Waals surface area contributed by atoms with Crippen LogP contribution in [0.2, 0.25) is 0 Å². The van der Waals surface area contributed by atoms with E-state index >= 15 is 0 Å². The molecular weight excluding hydrogens is 324 g/mol. The lowest BCUT2D eigenvalue weighted by molar-refractivity contribution is -0.122. The Hall–Kier alpha value is -2.28. The normalized spacial score (nSPS) is 17.3. The van der Waals surface area contributed by atoms with Crippen molar-refractivity contribution in [2.45, 2.75) is 33.1 Å². The summed E-state index contributed by atoms with van der Waals surface area (Å²) in [4.78, 5) is 26.3. The van der Waals surface area contributed by atoms with Crippen LogP contribution in [0.5, 0.6) is 0 Å². The van der Waals surface area contributed by atoms with E-state index in [1.54, 1.807) is 4.90 Å². The number of anilines is 2. The maximum atomic E-state index is 12.4. The first-order chi connectivity index (χ1) is 11.6. The molecule has 1 saturated heterocycles. The third kappa shape index (κ3) is 3.46. The van der Waals surface area contributed by atoms with E-state index in [0.717, 1.165) is 23.5 Å². The Morgan fingerprint density at radius 2 is 2.00 bits per heavy atom. The molecule has 6 nitrogen and oxygen atoms in total. The summed E-state index contributed by atoms with van der Waals surface area (Å²) in [5.74, 6) is -0.557. The topological polar surface area (TPSA) is 75.2 Å². The van der Waals surface area contributed by atoms with Crippen molar-refractivity contribution in [3.05, 3.63) is 34.8 Å². The second kappa shape index (κ2) is 7.09. The molecule has 0 saturated carbocycles. The van der Waals surface area contributed by atoms with Crippen LogP contribution in [0.4, 0.5) is 10.8 Å². The zero-order chi connectivity index (χ0) is 17.1. The van der Waals surface area contributed by atoms with E-state index in [4.69, 9.17) is 0 Å². The van der Waals surface area contributed by atoms with Gasteiger partial charge in [0.05, 0.1) is 5.92 Å². The number of aromatic nitrogens is 2. The van der Waals surface area contributed by atoms with Gasteiger partial charge in [-0.1, -0.05) is 37.3 Å². The van der Waals surface area contributed by atoms with Crippen LogP contribution in [-0.2, 0) is 22.4 Å². The van der Waals surface area contributed by atoms with Crippen molar-refractivity contribution in [3.63, 3.8) is 0 Å². The zero-order valence-electron chi connectivity index (χ0n) is 13.8. The fourth-order valence-electron chi connectivity index (χ4n) is 2.70. The highest BCUT2D eigenvalue weighted by Crippen LogP contribution is 2.27. The molecule has 24 heavy (non-hydrogen) atoms. The van der Waals surface area contributed by atoms with Crippen LogP contribution in [-0.4, -0.2) is 28.6 Å². The van der Waals surface area contributed by atoms with E-state index in [1.165, 1.54) is 16.9 Å². The molecule has 2 amide bonds. The summed E-state index contributed by atoms with van der Waals surface area (Å²) in [6.07, 6.45) is 1.97. The van der Waals surface area contributed by atoms with E-state index < -0.39 is 0 Å². The van der Waals surface area contributed by atoms with Crippen molar-refractivity contribution < 1.29 is 9.59 Å². The molecule has 2 aromatic rings. The third-order valence-electron chi connectivity index (χ3n) is 4.15. The van der Waals surface area contributed by atoms with Crippen LogP contribution in [0.15, 0.2) is 24.3 Å². The molecule has 0 bridgehead atoms. The highest BCUT2D eigenvalue weighted by Gasteiger charge is 2.35. The van der Waals surface area contributed by atoms with Crippen molar-refractivity contribution in [1.29, 1.82) is 0 Å². The van der Waals surface area contributed by atoms with Crippen LogP contribution in [0.1, 0.15) is 30.8 Å². The van der Waals surface area contributed by atoms with Crippen molar-refractivity contribution in [2.75, 3.05) is 16.8 Å². The number of nitrogens with zero attached hydrogens (tertiary/aromatic N) is 3. The fraction of sp³-hybridized carbons (Fsp3) is 0.412. The maximum absolute atomic E-state index is 12.4. The number of carbonyl (C=O) groups excluding carboxylic acids is 2. The zero-order valence-corrected chi connectivity index (χ0v) is 14.6. The van der Waals surface area contributed by atoms with Gasteiger partial charge in [0.25, 0.3) is 0 Å². The molecule has 1 aliphatic heterocycles. The molecular formula is C17H20N4O2S. The fourth-order valence-corrected chi connectivity index (χ4v) is 3.38. The van der Waals surface area contributed by atoms with Gasteiger partial charge in [0.1, 0.15) is 5.01 Å². The number of nitrogens with one attached hydrogen (secondary N) is 1. The second-order valence-electron chi connectivity index (χ2n) is 5.77. The van der Waals surface area contributed by atoms with E-state index in [-0.39, 0.29) is 24.2 Å². The molecule has 1 atom stereocenters. The van der Waals surface area contributed by atoms with Gasteiger partial charge >= 0.3 is 0 Å². The second-order valence-corrected chi connectivity index (χ2v) is 6.83. The quantitative estimate of drug-likeness (QED) is 0.905. The summed E-state index contributed by atoms with van der Waals surface area (Å²) < 4.78 is 0. The first kappa shape index (κ1) is 16.6. The molecule has 1 N–H and O–H groups in total. The van der Waals surface area contributed by atoms with Crippen molar-refractivity contribution in [3.8, 4) is 0 Å². The molecule has 0 aliphatic carbocycles. The predicted octanol–water partition coefficient (Wildman–Crippen LogP) is 2.65. The molecule has 3 rings (SSSR count). The number of hydrogen-bond donors (Lipinski definition) is 1. The van der Waals surface area contributed by atoms with Gasteiger partial charge in [0, 0.05) is 18.7 Å². The van der Waals surface area contributed by atoms with Gasteiger partial charge in [0.15, 0.2) is 0 Å². The number of hydrogen-bond acceptors (Lipinski definition) is 5. The van der Waals surface area contributed by atoms with Gasteiger partial charge in [-0.2, -0.15) is 0 Å². The molecule has 126 valence electrons. The summed E-state index contributed by atoms with van der Waals surface area (Å²) in [7, 11) is 0. The Kier molecular flexibility index (Phi) is 4.89. The number of carbonyl (C=O) groups is 2. The third-order valence-corrected chi connectivity index (χ3v) is 5.13. The highest BCUT2D eigenvalue weighted by molar-refractivity contribution is 7.15. The molecule has 0 unspecified atom stereocenters. The lowest BCUT2D eigenvalue weighted by Gasteiger charge is -2.16. The molecule has 1 aromatic carbocycles. The number of rotatable bonds is 5. The number of aryl methyl sites for hydroxylation is 2. The maximum Gasteiger partial charge on any atom is 0.231 e. The van der Waals surface area contributed by atoms with E-state index in [1.807, 2.05) is 31.2 Å². The van der Waals surface area contributed by atoms with E-state index in [9.17, 15) is 9.59 Å². The van der Waals surface area contributed by atoms with Gasteiger partial charge in [-0.3, -0.25) is 9.59 Å². The lowest BCUT2D eigenvalue weighted by Crippen LogP contribution is -2.28. The van der Waals surface area contributed by atoms with Crippen LogP contribution < -0.4 is 10.2 Å². The highest BCUT2D eigenvalue weighted by atomic mass is 32.1. The van der Waals surface area contributed by atoms with Gasteiger partial charge in [-0.05, 0) is 30.5 Å². The summed E-state index contributed by atoms with van der Waals surface area (Å²) in [5.41, 5.74) is 2.07. The van der Waals surface area contributed by atoms with Gasteiger partial charge in [0.2, 0.25) is 16.9 Å². The Bertz CT molecular complexity index is 741. The minimum Gasteiger partial charge on any atom is -0.312 e. The summed E-state index contributed by atoms with van der Waals surface area (Å²) in [6, 6.07) is 7.91. The van der Waals surface area contributed by atoms with Crippen LogP contribution in [0.3, 0.4) is 0 Å². The van der Waals surface area contributed by atoms with Gasteiger partial charge < -0.3 is 10.2 Å². The summed E-state index contributed by atoms with van der Waals surface area (Å²) in [6.45, 7) is 4.48. The standard InChI is InChI=1S/C17H20N4O2S/c1-3-11-5-7-13(8-6-11)21-10-12(9-15(21)22)16(23)18-17-20-19-14(4-2)24-17/h5-8,12H,3-4,9-10H2,1-2H3,(H,18,20,23)/t12-/m1/s1. The number of amides is 2. The predicted molar refractivity (Wildman–Crippen MR) is 94.2 cm³/mol. The minimum absolute atomic E-state index is 0.0223. The van der Waals surface area contributed by atoms with Crippen LogP contribution >= 0.6 is 11.3 Å². The average Bonchev–Trinajstić information content (AvgIpc) is 3.21. The first-order valence-corrected chi connectivity index (χ1v) is 8.95. The van der Waals surface area contributed by atoms with Crippen LogP contribution in [0, 0.1) is 5.92 Å². The average molecular weight is 344 g/mol. The first-order valence-electron chi connectivity index (χ1n) is 8.13. The van der Waals surface area contributed by atoms with Gasteiger partial charge in [-0.15, -0.1) is 10.2 Å². The van der Waals surface area contributed by atoms with E-state index in [2.05, 4.69) is 22.4 Å². The molecule has 1 aliphatic rings.